The van der Waals surface area contributed by atoms with Gasteiger partial charge in [0.05, 0.1) is 5.69 Å². The molecule has 0 bridgehead atoms. The van der Waals surface area contributed by atoms with Gasteiger partial charge in [0.25, 0.3) is 0 Å². The largest absolute Gasteiger partial charge is 0.256 e. The molecule has 0 aliphatic heterocycles. The molecule has 5 rings (SSSR count). The predicted octanol–water partition coefficient (Wildman–Crippen LogP) is 7.64. The molecule has 1 aliphatic carbocycles. The highest BCUT2D eigenvalue weighted by Crippen LogP contribution is 2.43. The van der Waals surface area contributed by atoms with Crippen molar-refractivity contribution in [1.82, 2.24) is 4.98 Å². The first-order valence-electron chi connectivity index (χ1n) is 10.5. The number of aryl methyl sites for hydroxylation is 3. The summed E-state index contributed by atoms with van der Waals surface area (Å²) in [4.78, 5) is 4.87. The molecule has 28 heavy (non-hydrogen) atoms. The SMILES string of the molecule is Cc1cc(C)cc(-c2nccc3cc(C4CCCC4)c4c(C)cccc4c23)c1. The molecule has 1 nitrogen and oxygen atoms in total. The molecule has 0 saturated heterocycles. The Labute approximate surface area is 167 Å². The molecule has 0 radical (unpaired) electrons. The van der Waals surface area contributed by atoms with Gasteiger partial charge in [-0.3, -0.25) is 4.98 Å². The van der Waals surface area contributed by atoms with Gasteiger partial charge in [-0.2, -0.15) is 0 Å². The van der Waals surface area contributed by atoms with Crippen LogP contribution in [0.4, 0.5) is 0 Å². The molecule has 0 N–H and O–H groups in total. The lowest BCUT2D eigenvalue weighted by Gasteiger charge is -2.19. The van der Waals surface area contributed by atoms with Gasteiger partial charge >= 0.3 is 0 Å². The predicted molar refractivity (Wildman–Crippen MR) is 120 cm³/mol. The molecule has 0 atom stereocenters. The highest BCUT2D eigenvalue weighted by Gasteiger charge is 2.22. The minimum atomic E-state index is 0.700. The Balaban J connectivity index is 1.89. The van der Waals surface area contributed by atoms with Crippen molar-refractivity contribution in [2.45, 2.75) is 52.4 Å². The zero-order chi connectivity index (χ0) is 19.3. The van der Waals surface area contributed by atoms with Gasteiger partial charge in [0, 0.05) is 17.1 Å². The number of pyridine rings is 1. The van der Waals surface area contributed by atoms with Crippen molar-refractivity contribution in [3.8, 4) is 11.3 Å². The molecule has 1 aliphatic rings. The molecule has 0 unspecified atom stereocenters. The van der Waals surface area contributed by atoms with Crippen LogP contribution in [0.1, 0.15) is 53.9 Å². The summed E-state index contributed by atoms with van der Waals surface area (Å²) < 4.78 is 0. The molecule has 4 aromatic rings. The molecular weight excluding hydrogens is 338 g/mol. The van der Waals surface area contributed by atoms with E-state index in [9.17, 15) is 0 Å². The van der Waals surface area contributed by atoms with E-state index in [1.54, 1.807) is 5.56 Å². The average Bonchev–Trinajstić information content (AvgIpc) is 3.21. The van der Waals surface area contributed by atoms with Crippen molar-refractivity contribution >= 4 is 21.5 Å². The van der Waals surface area contributed by atoms with Gasteiger partial charge in [0.15, 0.2) is 0 Å². The Morgan fingerprint density at radius 1 is 0.821 bits per heavy atom. The van der Waals surface area contributed by atoms with E-state index in [1.165, 1.54) is 69.5 Å². The molecule has 140 valence electrons. The highest BCUT2D eigenvalue weighted by atomic mass is 14.7. The summed E-state index contributed by atoms with van der Waals surface area (Å²) in [7, 11) is 0. The smallest absolute Gasteiger partial charge is 0.0786 e. The normalized spacial score (nSPS) is 15.0. The quantitative estimate of drug-likeness (QED) is 0.333. The lowest BCUT2D eigenvalue weighted by molar-refractivity contribution is 0.730. The van der Waals surface area contributed by atoms with Crippen molar-refractivity contribution < 1.29 is 0 Å². The minimum Gasteiger partial charge on any atom is -0.256 e. The monoisotopic (exact) mass is 365 g/mol. The van der Waals surface area contributed by atoms with Gasteiger partial charge in [-0.25, -0.2) is 0 Å². The fourth-order valence-electron chi connectivity index (χ4n) is 5.27. The number of hydrogen-bond acceptors (Lipinski definition) is 1. The van der Waals surface area contributed by atoms with Crippen LogP contribution in [0.5, 0.6) is 0 Å². The number of fused-ring (bicyclic) bond motifs is 3. The molecule has 0 spiro atoms. The van der Waals surface area contributed by atoms with Gasteiger partial charge < -0.3 is 0 Å². The van der Waals surface area contributed by atoms with Crippen LogP contribution in [0.25, 0.3) is 32.8 Å². The fraction of sp³-hybridized carbons (Fsp3) is 0.296. The Morgan fingerprint density at radius 3 is 2.32 bits per heavy atom. The zero-order valence-electron chi connectivity index (χ0n) is 17.0. The van der Waals surface area contributed by atoms with Crippen LogP contribution < -0.4 is 0 Å². The fourth-order valence-corrected chi connectivity index (χ4v) is 5.27. The van der Waals surface area contributed by atoms with Crippen LogP contribution in [-0.2, 0) is 0 Å². The van der Waals surface area contributed by atoms with Crippen LogP contribution >= 0.6 is 0 Å². The number of aromatic nitrogens is 1. The summed E-state index contributed by atoms with van der Waals surface area (Å²) in [5.74, 6) is 0.700. The number of hydrogen-bond donors (Lipinski definition) is 0. The van der Waals surface area contributed by atoms with Crippen molar-refractivity contribution in [2.24, 2.45) is 0 Å². The Hall–Kier alpha value is -2.67. The van der Waals surface area contributed by atoms with Gasteiger partial charge in [0.1, 0.15) is 0 Å². The third-order valence-corrected chi connectivity index (χ3v) is 6.42. The topological polar surface area (TPSA) is 12.9 Å². The second kappa shape index (κ2) is 6.74. The number of nitrogens with zero attached hydrogens (tertiary/aromatic N) is 1. The number of rotatable bonds is 2. The Kier molecular flexibility index (Phi) is 4.19. The molecular formula is C27H27N. The molecule has 1 heterocycles. The molecule has 1 fully saturated rings. The second-order valence-corrected chi connectivity index (χ2v) is 8.58. The highest BCUT2D eigenvalue weighted by molar-refractivity contribution is 6.15. The van der Waals surface area contributed by atoms with Crippen molar-refractivity contribution in [3.63, 3.8) is 0 Å². The molecule has 1 heteroatoms. The standard InChI is InChI=1S/C27H27N/c1-17-13-18(2)15-22(14-17)27-26-21(11-12-28-27)16-24(20-8-4-5-9-20)25-19(3)7-6-10-23(25)26/h6-7,10-16,20H,4-5,8-9H2,1-3H3. The molecule has 3 aromatic carbocycles. The van der Waals surface area contributed by atoms with Crippen LogP contribution in [-0.4, -0.2) is 4.98 Å². The van der Waals surface area contributed by atoms with E-state index in [2.05, 4.69) is 69.3 Å². The van der Waals surface area contributed by atoms with E-state index in [4.69, 9.17) is 4.98 Å². The minimum absolute atomic E-state index is 0.700. The maximum Gasteiger partial charge on any atom is 0.0786 e. The first-order valence-corrected chi connectivity index (χ1v) is 10.5. The van der Waals surface area contributed by atoms with Crippen molar-refractivity contribution in [1.29, 1.82) is 0 Å². The average molecular weight is 366 g/mol. The van der Waals surface area contributed by atoms with E-state index in [-0.39, 0.29) is 0 Å². The summed E-state index contributed by atoms with van der Waals surface area (Å²) in [6.45, 7) is 6.60. The van der Waals surface area contributed by atoms with Gasteiger partial charge in [0.2, 0.25) is 0 Å². The summed E-state index contributed by atoms with van der Waals surface area (Å²) in [5.41, 5.74) is 7.85. The maximum absolute atomic E-state index is 4.87. The van der Waals surface area contributed by atoms with Gasteiger partial charge in [-0.1, -0.05) is 54.3 Å². The second-order valence-electron chi connectivity index (χ2n) is 8.58. The summed E-state index contributed by atoms with van der Waals surface area (Å²) in [5, 5.41) is 5.44. The molecule has 0 amide bonds. The van der Waals surface area contributed by atoms with Gasteiger partial charge in [-0.05, 0) is 85.0 Å². The molecule has 1 aromatic heterocycles. The summed E-state index contributed by atoms with van der Waals surface area (Å²) in [6, 6.07) is 18.2. The third kappa shape index (κ3) is 2.81. The van der Waals surface area contributed by atoms with E-state index in [1.807, 2.05) is 6.20 Å². The zero-order valence-corrected chi connectivity index (χ0v) is 17.0. The van der Waals surface area contributed by atoms with Crippen LogP contribution in [0, 0.1) is 20.8 Å². The summed E-state index contributed by atoms with van der Waals surface area (Å²) >= 11 is 0. The van der Waals surface area contributed by atoms with E-state index < -0.39 is 0 Å². The third-order valence-electron chi connectivity index (χ3n) is 6.42. The van der Waals surface area contributed by atoms with E-state index in [0.717, 1.165) is 5.69 Å². The lowest BCUT2D eigenvalue weighted by atomic mass is 9.86. The first-order chi connectivity index (χ1) is 13.6. The number of benzene rings is 3. The van der Waals surface area contributed by atoms with Crippen LogP contribution in [0.3, 0.4) is 0 Å². The van der Waals surface area contributed by atoms with E-state index >= 15 is 0 Å². The summed E-state index contributed by atoms with van der Waals surface area (Å²) in [6.07, 6.45) is 7.35. The van der Waals surface area contributed by atoms with E-state index in [0.29, 0.717) is 5.92 Å². The maximum atomic E-state index is 4.87. The van der Waals surface area contributed by atoms with Crippen molar-refractivity contribution in [3.05, 3.63) is 77.0 Å². The Bertz CT molecular complexity index is 1180. The Morgan fingerprint density at radius 2 is 1.57 bits per heavy atom. The van der Waals surface area contributed by atoms with Crippen LogP contribution in [0.15, 0.2) is 54.7 Å². The molecule has 1 saturated carbocycles. The first kappa shape index (κ1) is 17.4. The lowest BCUT2D eigenvalue weighted by Crippen LogP contribution is -1.98. The van der Waals surface area contributed by atoms with Gasteiger partial charge in [-0.15, -0.1) is 0 Å². The van der Waals surface area contributed by atoms with Crippen LogP contribution in [0.2, 0.25) is 0 Å². The van der Waals surface area contributed by atoms with Crippen molar-refractivity contribution in [2.75, 3.05) is 0 Å².